The first-order valence-corrected chi connectivity index (χ1v) is 4.54. The molecule has 0 fully saturated rings. The Bertz CT molecular complexity index is 319. The van der Waals surface area contributed by atoms with Crippen LogP contribution in [0.4, 0.5) is 0 Å². The van der Waals surface area contributed by atoms with Crippen LogP contribution in [0.2, 0.25) is 0 Å². The number of ketones is 1. The number of allylic oxidation sites excluding steroid dienone is 3. The monoisotopic (exact) mass is 212 g/mol. The molecule has 5 N–H and O–H groups in total. The van der Waals surface area contributed by atoms with E-state index in [0.717, 1.165) is 0 Å². The maximum atomic E-state index is 11.6. The summed E-state index contributed by atoms with van der Waals surface area (Å²) in [6, 6.07) is -1.18. The second kappa shape index (κ2) is 5.98. The normalized spacial score (nSPS) is 14.9. The molecule has 15 heavy (non-hydrogen) atoms. The predicted molar refractivity (Wildman–Crippen MR) is 56.9 cm³/mol. The van der Waals surface area contributed by atoms with Crippen LogP contribution in [0, 0.1) is 0 Å². The van der Waals surface area contributed by atoms with Crippen molar-refractivity contribution < 1.29 is 14.7 Å². The van der Waals surface area contributed by atoms with E-state index in [0.29, 0.717) is 11.3 Å². The second-order valence-electron chi connectivity index (χ2n) is 3.02. The van der Waals surface area contributed by atoms with E-state index in [2.05, 4.69) is 0 Å². The molecule has 0 radical (unpaired) electrons. The van der Waals surface area contributed by atoms with Crippen molar-refractivity contribution in [2.24, 2.45) is 11.5 Å². The van der Waals surface area contributed by atoms with Crippen LogP contribution >= 0.6 is 0 Å². The summed E-state index contributed by atoms with van der Waals surface area (Å²) in [4.78, 5) is 22.0. The predicted octanol–water partition coefficient (Wildman–Crippen LogP) is 0.166. The Balaban J connectivity index is 4.64. The van der Waals surface area contributed by atoms with Crippen LogP contribution in [-0.4, -0.2) is 22.9 Å². The van der Waals surface area contributed by atoms with Crippen molar-refractivity contribution in [2.45, 2.75) is 26.3 Å². The van der Waals surface area contributed by atoms with E-state index >= 15 is 0 Å². The summed E-state index contributed by atoms with van der Waals surface area (Å²) < 4.78 is 0. The summed E-state index contributed by atoms with van der Waals surface area (Å²) in [6.45, 7) is 3.36. The average molecular weight is 212 g/mol. The summed E-state index contributed by atoms with van der Waals surface area (Å²) in [6.07, 6.45) is 2.88. The van der Waals surface area contributed by atoms with E-state index in [-0.39, 0.29) is 12.2 Å². The average Bonchev–Trinajstić information content (AvgIpc) is 2.18. The number of carboxylic acid groups (broad SMARTS) is 1. The van der Waals surface area contributed by atoms with Crippen molar-refractivity contribution in [2.75, 3.05) is 0 Å². The Morgan fingerprint density at radius 2 is 1.87 bits per heavy atom. The zero-order chi connectivity index (χ0) is 12.0. The molecule has 0 rings (SSSR count). The molecule has 84 valence electrons. The first-order valence-electron chi connectivity index (χ1n) is 4.54. The van der Waals surface area contributed by atoms with Crippen LogP contribution < -0.4 is 11.5 Å². The summed E-state index contributed by atoms with van der Waals surface area (Å²) in [5.74, 6) is -1.55. The maximum absolute atomic E-state index is 11.6. The molecule has 0 aliphatic carbocycles. The van der Waals surface area contributed by atoms with Crippen LogP contribution in [-0.2, 0) is 9.59 Å². The molecule has 0 aromatic heterocycles. The molecular weight excluding hydrogens is 196 g/mol. The van der Waals surface area contributed by atoms with Gasteiger partial charge in [0.2, 0.25) is 0 Å². The number of aliphatic carboxylic acids is 1. The molecule has 0 saturated carbocycles. The highest BCUT2D eigenvalue weighted by Gasteiger charge is 2.19. The molecule has 0 unspecified atom stereocenters. The topological polar surface area (TPSA) is 106 Å². The van der Waals surface area contributed by atoms with Gasteiger partial charge in [0, 0.05) is 17.7 Å². The minimum atomic E-state index is -1.20. The van der Waals surface area contributed by atoms with Gasteiger partial charge in [-0.05, 0) is 13.8 Å². The van der Waals surface area contributed by atoms with Crippen molar-refractivity contribution in [1.29, 1.82) is 0 Å². The standard InChI is InChI=1S/C10H16N2O3/c1-3-6(7(11)4-2)9(13)5-8(12)10(14)15/h3-4,8H,5,11-12H2,1-2H3,(H,14,15)/b6-3+,7-4+/t8-/m0/s1. The van der Waals surface area contributed by atoms with Crippen LogP contribution in [0.5, 0.6) is 0 Å². The minimum absolute atomic E-state index is 0.246. The molecule has 0 aromatic rings. The number of hydrogen-bond acceptors (Lipinski definition) is 4. The largest absolute Gasteiger partial charge is 0.480 e. The zero-order valence-corrected chi connectivity index (χ0v) is 8.86. The third-order valence-corrected chi connectivity index (χ3v) is 1.93. The van der Waals surface area contributed by atoms with Crippen molar-refractivity contribution in [3.63, 3.8) is 0 Å². The smallest absolute Gasteiger partial charge is 0.320 e. The maximum Gasteiger partial charge on any atom is 0.320 e. The van der Waals surface area contributed by atoms with Gasteiger partial charge in [0.1, 0.15) is 6.04 Å². The Morgan fingerprint density at radius 1 is 1.33 bits per heavy atom. The lowest BCUT2D eigenvalue weighted by Gasteiger charge is -2.08. The lowest BCUT2D eigenvalue weighted by atomic mass is 10.0. The molecular formula is C10H16N2O3. The fourth-order valence-electron chi connectivity index (χ4n) is 1.04. The van der Waals surface area contributed by atoms with Crippen molar-refractivity contribution >= 4 is 11.8 Å². The van der Waals surface area contributed by atoms with Crippen molar-refractivity contribution in [1.82, 2.24) is 0 Å². The number of rotatable bonds is 5. The first-order chi connectivity index (χ1) is 6.93. The van der Waals surface area contributed by atoms with Crippen LogP contribution in [0.15, 0.2) is 23.4 Å². The summed E-state index contributed by atoms with van der Waals surface area (Å²) in [5, 5.41) is 8.54. The molecule has 0 aromatic carbocycles. The highest BCUT2D eigenvalue weighted by Crippen LogP contribution is 2.09. The van der Waals surface area contributed by atoms with Crippen molar-refractivity contribution in [3.05, 3.63) is 23.4 Å². The van der Waals surface area contributed by atoms with E-state index in [1.54, 1.807) is 26.0 Å². The van der Waals surface area contributed by atoms with Gasteiger partial charge in [0.15, 0.2) is 5.78 Å². The summed E-state index contributed by atoms with van der Waals surface area (Å²) in [5.41, 5.74) is 11.5. The Labute approximate surface area is 88.4 Å². The molecule has 0 saturated heterocycles. The molecule has 0 amide bonds. The number of nitrogens with two attached hydrogens (primary N) is 2. The second-order valence-corrected chi connectivity index (χ2v) is 3.02. The highest BCUT2D eigenvalue weighted by atomic mass is 16.4. The SMILES string of the molecule is C/C=C(N)\C(=C/C)C(=O)C[C@H](N)C(=O)O. The van der Waals surface area contributed by atoms with E-state index in [4.69, 9.17) is 16.6 Å². The van der Waals surface area contributed by atoms with E-state index < -0.39 is 12.0 Å². The van der Waals surface area contributed by atoms with Gasteiger partial charge in [-0.15, -0.1) is 0 Å². The minimum Gasteiger partial charge on any atom is -0.480 e. The number of hydrogen-bond donors (Lipinski definition) is 3. The van der Waals surface area contributed by atoms with Gasteiger partial charge in [-0.2, -0.15) is 0 Å². The lowest BCUT2D eigenvalue weighted by Crippen LogP contribution is -2.33. The van der Waals surface area contributed by atoms with Gasteiger partial charge in [0.25, 0.3) is 0 Å². The van der Waals surface area contributed by atoms with Crippen molar-refractivity contribution in [3.8, 4) is 0 Å². The fraction of sp³-hybridized carbons (Fsp3) is 0.400. The molecule has 0 spiro atoms. The van der Waals surface area contributed by atoms with Crippen LogP contribution in [0.3, 0.4) is 0 Å². The third kappa shape index (κ3) is 3.95. The molecule has 0 heterocycles. The molecule has 5 nitrogen and oxygen atoms in total. The number of carbonyl (C=O) groups is 2. The van der Waals surface area contributed by atoms with Gasteiger partial charge in [-0.25, -0.2) is 0 Å². The van der Waals surface area contributed by atoms with E-state index in [9.17, 15) is 9.59 Å². The quantitative estimate of drug-likeness (QED) is 0.444. The lowest BCUT2D eigenvalue weighted by molar-refractivity contribution is -0.139. The van der Waals surface area contributed by atoms with E-state index in [1.807, 2.05) is 0 Å². The third-order valence-electron chi connectivity index (χ3n) is 1.93. The Morgan fingerprint density at radius 3 is 2.20 bits per heavy atom. The summed E-state index contributed by atoms with van der Waals surface area (Å²) in [7, 11) is 0. The number of Topliss-reactive ketones (excluding diaryl/α,β-unsaturated/α-hetero) is 1. The molecule has 0 bridgehead atoms. The van der Waals surface area contributed by atoms with Gasteiger partial charge in [-0.1, -0.05) is 12.2 Å². The van der Waals surface area contributed by atoms with Gasteiger partial charge >= 0.3 is 5.97 Å². The Hall–Kier alpha value is -1.62. The van der Waals surface area contributed by atoms with Gasteiger partial charge < -0.3 is 16.6 Å². The highest BCUT2D eigenvalue weighted by molar-refractivity contribution is 6.01. The molecule has 0 aliphatic rings. The molecule has 1 atom stereocenters. The number of carbonyl (C=O) groups excluding carboxylic acids is 1. The fourth-order valence-corrected chi connectivity index (χ4v) is 1.04. The number of carboxylic acids is 1. The van der Waals surface area contributed by atoms with Gasteiger partial charge in [0.05, 0.1) is 0 Å². The first kappa shape index (κ1) is 13.4. The van der Waals surface area contributed by atoms with Crippen LogP contribution in [0.1, 0.15) is 20.3 Å². The summed E-state index contributed by atoms with van der Waals surface area (Å²) >= 11 is 0. The van der Waals surface area contributed by atoms with Gasteiger partial charge in [-0.3, -0.25) is 9.59 Å². The zero-order valence-electron chi connectivity index (χ0n) is 8.86. The van der Waals surface area contributed by atoms with E-state index in [1.165, 1.54) is 0 Å². The van der Waals surface area contributed by atoms with Crippen LogP contribution in [0.25, 0.3) is 0 Å². The Kier molecular flexibility index (Phi) is 5.33. The molecule has 0 aliphatic heterocycles. The molecule has 5 heteroatoms.